The number of carbonyl (C=O) groups is 1. The highest BCUT2D eigenvalue weighted by Gasteiger charge is 2.20. The van der Waals surface area contributed by atoms with Gasteiger partial charge in [-0.1, -0.05) is 18.2 Å². The molecule has 2 aromatic heterocycles. The second-order valence-corrected chi connectivity index (χ2v) is 5.01. The number of aromatic nitrogens is 1. The van der Waals surface area contributed by atoms with E-state index < -0.39 is 0 Å². The average molecular weight is 296 g/mol. The fourth-order valence-corrected chi connectivity index (χ4v) is 2.35. The number of hydrogen-bond donors (Lipinski definition) is 1. The Hall–Kier alpha value is -2.66. The first-order valence-corrected chi connectivity index (χ1v) is 6.92. The lowest BCUT2D eigenvalue weighted by Crippen LogP contribution is -2.14. The van der Waals surface area contributed by atoms with Gasteiger partial charge >= 0.3 is 0 Å². The number of furan rings is 1. The normalized spacial score (nSPS) is 10.8. The summed E-state index contributed by atoms with van der Waals surface area (Å²) < 4.78 is 10.9. The van der Waals surface area contributed by atoms with E-state index in [4.69, 9.17) is 9.15 Å². The third kappa shape index (κ3) is 2.71. The molecule has 3 rings (SSSR count). The van der Waals surface area contributed by atoms with Crippen molar-refractivity contribution in [3.05, 3.63) is 59.5 Å². The van der Waals surface area contributed by atoms with E-state index in [9.17, 15) is 4.79 Å². The molecule has 3 aromatic rings. The van der Waals surface area contributed by atoms with Crippen LogP contribution in [0.5, 0.6) is 0 Å². The first kappa shape index (κ1) is 14.3. The molecule has 0 aliphatic heterocycles. The number of aryl methyl sites for hydroxylation is 1. The van der Waals surface area contributed by atoms with E-state index in [1.54, 1.807) is 19.4 Å². The van der Waals surface area contributed by atoms with E-state index in [0.29, 0.717) is 18.0 Å². The molecule has 2 heterocycles. The van der Waals surface area contributed by atoms with Crippen LogP contribution in [-0.4, -0.2) is 18.0 Å². The Morgan fingerprint density at radius 1 is 1.32 bits per heavy atom. The predicted octanol–water partition coefficient (Wildman–Crippen LogP) is 3.53. The monoisotopic (exact) mass is 296 g/mol. The van der Waals surface area contributed by atoms with Crippen LogP contribution in [0.3, 0.4) is 0 Å². The molecule has 0 saturated heterocycles. The lowest BCUT2D eigenvalue weighted by Gasteiger charge is -2.05. The van der Waals surface area contributed by atoms with Crippen LogP contribution in [0.2, 0.25) is 0 Å². The molecule has 5 heteroatoms. The Labute approximate surface area is 127 Å². The van der Waals surface area contributed by atoms with Gasteiger partial charge in [-0.2, -0.15) is 0 Å². The Balaban J connectivity index is 1.98. The highest BCUT2D eigenvalue weighted by atomic mass is 16.5. The number of amides is 1. The van der Waals surface area contributed by atoms with Gasteiger partial charge in [-0.3, -0.25) is 4.79 Å². The summed E-state index contributed by atoms with van der Waals surface area (Å²) in [5.74, 6) is 0.418. The second-order valence-electron chi connectivity index (χ2n) is 5.01. The fourth-order valence-electron chi connectivity index (χ4n) is 2.35. The summed E-state index contributed by atoms with van der Waals surface area (Å²) in [6.07, 6.45) is 1.65. The summed E-state index contributed by atoms with van der Waals surface area (Å²) in [4.78, 5) is 16.6. The number of carbonyl (C=O) groups excluding carboxylic acids is 1. The number of nitrogens with one attached hydrogen (secondary N) is 1. The molecule has 0 aliphatic carbocycles. The number of hydrogen-bond acceptors (Lipinski definition) is 4. The molecule has 5 nitrogen and oxygen atoms in total. The van der Waals surface area contributed by atoms with Gasteiger partial charge in [0.05, 0.1) is 6.61 Å². The molecule has 1 aromatic carbocycles. The van der Waals surface area contributed by atoms with Crippen molar-refractivity contribution < 1.29 is 13.9 Å². The van der Waals surface area contributed by atoms with E-state index in [2.05, 4.69) is 10.3 Å². The van der Waals surface area contributed by atoms with Gasteiger partial charge in [0.1, 0.15) is 11.4 Å². The van der Waals surface area contributed by atoms with Crippen LogP contribution in [-0.2, 0) is 11.3 Å². The molecule has 0 fully saturated rings. The number of methoxy groups -OCH3 is 1. The maximum absolute atomic E-state index is 12.5. The lowest BCUT2D eigenvalue weighted by atomic mass is 10.1. The molecule has 22 heavy (non-hydrogen) atoms. The number of fused-ring (bicyclic) bond motifs is 1. The molecule has 112 valence electrons. The first-order valence-electron chi connectivity index (χ1n) is 6.92. The lowest BCUT2D eigenvalue weighted by molar-refractivity contribution is 0.0991. The molecule has 0 aliphatic rings. The van der Waals surface area contributed by atoms with Crippen molar-refractivity contribution in [3.8, 4) is 0 Å². The number of ether oxygens (including phenoxy) is 1. The van der Waals surface area contributed by atoms with E-state index in [1.807, 2.05) is 37.3 Å². The maximum Gasteiger partial charge on any atom is 0.292 e. The fraction of sp³-hybridized carbons (Fsp3) is 0.176. The Bertz CT molecular complexity index is 824. The standard InChI is InChI=1S/C17H16N2O3/c1-11-7-8-18-15(9-11)19-17(20)16-13(10-21-2)12-5-3-4-6-14(12)22-16/h3-9H,10H2,1-2H3,(H,18,19,20). The van der Waals surface area contributed by atoms with Gasteiger partial charge in [0.15, 0.2) is 5.76 Å². The van der Waals surface area contributed by atoms with E-state index >= 15 is 0 Å². The summed E-state index contributed by atoms with van der Waals surface area (Å²) in [6.45, 7) is 2.25. The van der Waals surface area contributed by atoms with Gasteiger partial charge in [-0.15, -0.1) is 0 Å². The van der Waals surface area contributed by atoms with Crippen molar-refractivity contribution in [3.63, 3.8) is 0 Å². The third-order valence-electron chi connectivity index (χ3n) is 3.35. The van der Waals surface area contributed by atoms with Crippen LogP contribution in [0.15, 0.2) is 47.0 Å². The molecule has 0 saturated carbocycles. The van der Waals surface area contributed by atoms with E-state index in [-0.39, 0.29) is 11.7 Å². The van der Waals surface area contributed by atoms with Crippen molar-refractivity contribution in [2.45, 2.75) is 13.5 Å². The molecule has 0 atom stereocenters. The third-order valence-corrected chi connectivity index (χ3v) is 3.35. The molecular formula is C17H16N2O3. The molecule has 0 bridgehead atoms. The summed E-state index contributed by atoms with van der Waals surface area (Å²) >= 11 is 0. The van der Waals surface area contributed by atoms with Crippen molar-refractivity contribution in [2.24, 2.45) is 0 Å². The van der Waals surface area contributed by atoms with Gasteiger partial charge in [-0.05, 0) is 30.7 Å². The van der Waals surface area contributed by atoms with Crippen LogP contribution >= 0.6 is 0 Å². The minimum atomic E-state index is -0.332. The summed E-state index contributed by atoms with van der Waals surface area (Å²) in [5.41, 5.74) is 2.42. The van der Waals surface area contributed by atoms with Gasteiger partial charge in [-0.25, -0.2) is 4.98 Å². The van der Waals surface area contributed by atoms with Crippen LogP contribution in [0.25, 0.3) is 11.0 Å². The van der Waals surface area contributed by atoms with Crippen LogP contribution in [0, 0.1) is 6.92 Å². The Kier molecular flexibility index (Phi) is 3.89. The van der Waals surface area contributed by atoms with E-state index in [0.717, 1.165) is 16.5 Å². The average Bonchev–Trinajstić information content (AvgIpc) is 2.87. The quantitative estimate of drug-likeness (QED) is 0.800. The highest BCUT2D eigenvalue weighted by Crippen LogP contribution is 2.27. The van der Waals surface area contributed by atoms with Gasteiger partial charge in [0.25, 0.3) is 5.91 Å². The molecule has 1 amide bonds. The number of nitrogens with zero attached hydrogens (tertiary/aromatic N) is 1. The number of benzene rings is 1. The van der Waals surface area contributed by atoms with Crippen molar-refractivity contribution in [1.82, 2.24) is 4.98 Å². The van der Waals surface area contributed by atoms with Gasteiger partial charge < -0.3 is 14.5 Å². The van der Waals surface area contributed by atoms with Crippen LogP contribution in [0.4, 0.5) is 5.82 Å². The minimum absolute atomic E-state index is 0.256. The molecule has 1 N–H and O–H groups in total. The Morgan fingerprint density at radius 2 is 2.14 bits per heavy atom. The second kappa shape index (κ2) is 5.99. The first-order chi connectivity index (χ1) is 10.7. The maximum atomic E-state index is 12.5. The summed E-state index contributed by atoms with van der Waals surface area (Å²) in [5, 5.41) is 3.64. The van der Waals surface area contributed by atoms with Crippen molar-refractivity contribution >= 4 is 22.7 Å². The zero-order chi connectivity index (χ0) is 15.5. The van der Waals surface area contributed by atoms with Crippen molar-refractivity contribution in [1.29, 1.82) is 0 Å². The molecule has 0 unspecified atom stereocenters. The number of rotatable bonds is 4. The van der Waals surface area contributed by atoms with Crippen LogP contribution < -0.4 is 5.32 Å². The van der Waals surface area contributed by atoms with Gasteiger partial charge in [0.2, 0.25) is 0 Å². The van der Waals surface area contributed by atoms with Crippen molar-refractivity contribution in [2.75, 3.05) is 12.4 Å². The smallest absolute Gasteiger partial charge is 0.292 e. The molecular weight excluding hydrogens is 280 g/mol. The highest BCUT2D eigenvalue weighted by molar-refractivity contribution is 6.06. The van der Waals surface area contributed by atoms with E-state index in [1.165, 1.54) is 0 Å². The topological polar surface area (TPSA) is 64.4 Å². The number of anilines is 1. The molecule has 0 radical (unpaired) electrons. The Morgan fingerprint density at radius 3 is 2.91 bits per heavy atom. The zero-order valence-electron chi connectivity index (χ0n) is 12.4. The summed E-state index contributed by atoms with van der Waals surface area (Å²) in [7, 11) is 1.59. The zero-order valence-corrected chi connectivity index (χ0v) is 12.4. The number of pyridine rings is 1. The minimum Gasteiger partial charge on any atom is -0.451 e. The summed E-state index contributed by atoms with van der Waals surface area (Å²) in [6, 6.07) is 11.2. The molecule has 0 spiro atoms. The predicted molar refractivity (Wildman–Crippen MR) is 83.9 cm³/mol. The number of para-hydroxylation sites is 1. The largest absolute Gasteiger partial charge is 0.451 e. The SMILES string of the molecule is COCc1c(C(=O)Nc2cc(C)ccn2)oc2ccccc12. The van der Waals surface area contributed by atoms with Crippen LogP contribution in [0.1, 0.15) is 21.7 Å². The van der Waals surface area contributed by atoms with Gasteiger partial charge in [0, 0.05) is 24.3 Å².